The molecule has 20 heavy (non-hydrogen) atoms. The van der Waals surface area contributed by atoms with Crippen LogP contribution < -0.4 is 5.73 Å². The van der Waals surface area contributed by atoms with Gasteiger partial charge in [0.05, 0.1) is 12.4 Å². The first kappa shape index (κ1) is 17.0. The number of ether oxygens (including phenoxy) is 1. The summed E-state index contributed by atoms with van der Waals surface area (Å²) in [6.45, 7) is 1.65. The Bertz CT molecular complexity index is 457. The van der Waals surface area contributed by atoms with E-state index >= 15 is 0 Å². The molecule has 2 N–H and O–H groups in total. The predicted molar refractivity (Wildman–Crippen MR) is 78.8 cm³/mol. The number of hydrogen-bond donors (Lipinski definition) is 1. The minimum atomic E-state index is -3.31. The Morgan fingerprint density at radius 3 is 2.75 bits per heavy atom. The van der Waals surface area contributed by atoms with E-state index in [9.17, 15) is 8.42 Å². The summed E-state index contributed by atoms with van der Waals surface area (Å²) >= 11 is 0. The van der Waals surface area contributed by atoms with E-state index in [2.05, 4.69) is 4.98 Å². The van der Waals surface area contributed by atoms with Crippen LogP contribution in [0.3, 0.4) is 0 Å². The van der Waals surface area contributed by atoms with E-state index in [-0.39, 0.29) is 5.75 Å². The van der Waals surface area contributed by atoms with E-state index in [0.29, 0.717) is 39.1 Å². The first-order chi connectivity index (χ1) is 9.60. The van der Waals surface area contributed by atoms with Crippen molar-refractivity contribution in [3.05, 3.63) is 30.1 Å². The topological polar surface area (TPSA) is 85.5 Å². The summed E-state index contributed by atoms with van der Waals surface area (Å²) in [5.74, 6) is 0.0539. The van der Waals surface area contributed by atoms with Crippen molar-refractivity contribution in [3.63, 3.8) is 0 Å². The molecule has 1 heterocycles. The largest absolute Gasteiger partial charge is 0.383 e. The molecule has 0 bridgehead atoms. The van der Waals surface area contributed by atoms with Crippen LogP contribution in [0.1, 0.15) is 12.1 Å². The lowest BCUT2D eigenvalue weighted by atomic mass is 10.3. The molecule has 0 unspecified atom stereocenters. The van der Waals surface area contributed by atoms with Crippen molar-refractivity contribution in [1.82, 2.24) is 9.29 Å². The fourth-order valence-electron chi connectivity index (χ4n) is 1.76. The predicted octanol–water partition coefficient (Wildman–Crippen LogP) is 0.251. The molecule has 0 saturated carbocycles. The summed E-state index contributed by atoms with van der Waals surface area (Å²) in [4.78, 5) is 4.14. The number of rotatable bonds is 10. The molecule has 0 amide bonds. The van der Waals surface area contributed by atoms with Crippen LogP contribution in [0.5, 0.6) is 0 Å². The molecule has 0 aliphatic heterocycles. The molecular weight excluding hydrogens is 278 g/mol. The van der Waals surface area contributed by atoms with Crippen LogP contribution >= 0.6 is 0 Å². The van der Waals surface area contributed by atoms with Gasteiger partial charge >= 0.3 is 0 Å². The summed E-state index contributed by atoms with van der Waals surface area (Å²) < 4.78 is 31.0. The fourth-order valence-corrected chi connectivity index (χ4v) is 3.24. The fraction of sp³-hybridized carbons (Fsp3) is 0.615. The molecule has 0 saturated heterocycles. The van der Waals surface area contributed by atoms with E-state index in [0.717, 1.165) is 5.69 Å². The highest BCUT2D eigenvalue weighted by Crippen LogP contribution is 2.06. The third-order valence-corrected chi connectivity index (χ3v) is 4.76. The summed E-state index contributed by atoms with van der Waals surface area (Å²) in [6, 6.07) is 5.49. The number of sulfonamides is 1. The third kappa shape index (κ3) is 5.96. The maximum Gasteiger partial charge on any atom is 0.214 e. The minimum Gasteiger partial charge on any atom is -0.383 e. The van der Waals surface area contributed by atoms with Gasteiger partial charge in [-0.2, -0.15) is 4.31 Å². The van der Waals surface area contributed by atoms with Gasteiger partial charge in [-0.25, -0.2) is 8.42 Å². The quantitative estimate of drug-likeness (QED) is 0.669. The van der Waals surface area contributed by atoms with Crippen molar-refractivity contribution in [1.29, 1.82) is 0 Å². The van der Waals surface area contributed by atoms with Crippen molar-refractivity contribution < 1.29 is 13.2 Å². The molecule has 0 aliphatic rings. The van der Waals surface area contributed by atoms with Gasteiger partial charge in [0.25, 0.3) is 0 Å². The normalized spacial score (nSPS) is 11.9. The Morgan fingerprint density at radius 2 is 2.15 bits per heavy atom. The van der Waals surface area contributed by atoms with Crippen LogP contribution in [-0.4, -0.2) is 56.8 Å². The zero-order valence-electron chi connectivity index (χ0n) is 11.9. The van der Waals surface area contributed by atoms with Gasteiger partial charge in [0.1, 0.15) is 0 Å². The maximum absolute atomic E-state index is 12.3. The Balaban J connectivity index is 2.61. The molecule has 1 aromatic rings. The second kappa shape index (κ2) is 9.02. The SMILES string of the molecule is COCCN(CCCN)S(=O)(=O)CCc1ccccn1. The third-order valence-electron chi connectivity index (χ3n) is 2.89. The smallest absolute Gasteiger partial charge is 0.214 e. The van der Waals surface area contributed by atoms with Crippen LogP contribution in [-0.2, 0) is 21.2 Å². The average Bonchev–Trinajstić information content (AvgIpc) is 2.46. The Hall–Kier alpha value is -1.02. The molecule has 0 spiro atoms. The highest BCUT2D eigenvalue weighted by molar-refractivity contribution is 7.89. The van der Waals surface area contributed by atoms with Gasteiger partial charge in [-0.3, -0.25) is 4.98 Å². The van der Waals surface area contributed by atoms with E-state index in [1.165, 1.54) is 4.31 Å². The summed E-state index contributed by atoms with van der Waals surface area (Å²) in [7, 11) is -1.75. The van der Waals surface area contributed by atoms with Crippen LogP contribution in [0.15, 0.2) is 24.4 Å². The van der Waals surface area contributed by atoms with Crippen LogP contribution in [0, 0.1) is 0 Å². The standard InChI is InChI=1S/C13H23N3O3S/c1-19-11-10-16(9-4-7-14)20(17,18)12-6-13-5-2-3-8-15-13/h2-3,5,8H,4,6-7,9-12,14H2,1H3. The van der Waals surface area contributed by atoms with Gasteiger partial charge < -0.3 is 10.5 Å². The first-order valence-electron chi connectivity index (χ1n) is 6.67. The van der Waals surface area contributed by atoms with E-state index in [1.807, 2.05) is 18.2 Å². The lowest BCUT2D eigenvalue weighted by Gasteiger charge is -2.21. The van der Waals surface area contributed by atoms with Crippen molar-refractivity contribution in [3.8, 4) is 0 Å². The van der Waals surface area contributed by atoms with E-state index in [1.54, 1.807) is 13.3 Å². The minimum absolute atomic E-state index is 0.0539. The number of nitrogens with zero attached hydrogens (tertiary/aromatic N) is 2. The van der Waals surface area contributed by atoms with Crippen molar-refractivity contribution in [2.75, 3.05) is 39.1 Å². The number of nitrogens with two attached hydrogens (primary N) is 1. The summed E-state index contributed by atoms with van der Waals surface area (Å²) in [5.41, 5.74) is 6.23. The van der Waals surface area contributed by atoms with Gasteiger partial charge in [0, 0.05) is 38.5 Å². The van der Waals surface area contributed by atoms with Crippen molar-refractivity contribution in [2.24, 2.45) is 5.73 Å². The molecular formula is C13H23N3O3S. The van der Waals surface area contributed by atoms with Crippen molar-refractivity contribution >= 4 is 10.0 Å². The van der Waals surface area contributed by atoms with E-state index in [4.69, 9.17) is 10.5 Å². The lowest BCUT2D eigenvalue weighted by molar-refractivity contribution is 0.178. The first-order valence-corrected chi connectivity index (χ1v) is 8.28. The second-order valence-corrected chi connectivity index (χ2v) is 6.51. The monoisotopic (exact) mass is 301 g/mol. The van der Waals surface area contributed by atoms with Gasteiger partial charge in [-0.1, -0.05) is 6.07 Å². The van der Waals surface area contributed by atoms with Crippen LogP contribution in [0.4, 0.5) is 0 Å². The number of pyridine rings is 1. The van der Waals surface area contributed by atoms with Gasteiger partial charge in [-0.05, 0) is 25.1 Å². The molecule has 0 aromatic carbocycles. The lowest BCUT2D eigenvalue weighted by Crippen LogP contribution is -2.37. The molecule has 0 radical (unpaired) electrons. The Morgan fingerprint density at radius 1 is 1.35 bits per heavy atom. The van der Waals surface area contributed by atoms with Crippen LogP contribution in [0.25, 0.3) is 0 Å². The highest BCUT2D eigenvalue weighted by Gasteiger charge is 2.21. The summed E-state index contributed by atoms with van der Waals surface area (Å²) in [5, 5.41) is 0. The molecule has 114 valence electrons. The zero-order chi connectivity index (χ0) is 14.8. The number of aryl methyl sites for hydroxylation is 1. The van der Waals surface area contributed by atoms with Gasteiger partial charge in [0.15, 0.2) is 0 Å². The number of methoxy groups -OCH3 is 1. The molecule has 1 rings (SSSR count). The second-order valence-electron chi connectivity index (χ2n) is 4.42. The number of hydrogen-bond acceptors (Lipinski definition) is 5. The Labute approximate surface area is 121 Å². The van der Waals surface area contributed by atoms with Gasteiger partial charge in [0.2, 0.25) is 10.0 Å². The molecule has 7 heteroatoms. The molecule has 6 nitrogen and oxygen atoms in total. The summed E-state index contributed by atoms with van der Waals surface area (Å²) in [6.07, 6.45) is 2.72. The average molecular weight is 301 g/mol. The number of aromatic nitrogens is 1. The highest BCUT2D eigenvalue weighted by atomic mass is 32.2. The molecule has 0 aliphatic carbocycles. The molecule has 1 aromatic heterocycles. The maximum atomic E-state index is 12.3. The molecule has 0 fully saturated rings. The van der Waals surface area contributed by atoms with E-state index < -0.39 is 10.0 Å². The zero-order valence-corrected chi connectivity index (χ0v) is 12.7. The van der Waals surface area contributed by atoms with Crippen LogP contribution in [0.2, 0.25) is 0 Å². The van der Waals surface area contributed by atoms with Crippen molar-refractivity contribution in [2.45, 2.75) is 12.8 Å². The Kier molecular flexibility index (Phi) is 7.68. The van der Waals surface area contributed by atoms with Gasteiger partial charge in [-0.15, -0.1) is 0 Å². The molecule has 0 atom stereocenters.